The number of halogens is 3. The summed E-state index contributed by atoms with van der Waals surface area (Å²) in [6.45, 7) is 1.88. The minimum atomic E-state index is -4.52. The van der Waals surface area contributed by atoms with Crippen LogP contribution in [0.1, 0.15) is 21.5 Å². The number of carbonyl (C=O) groups is 1. The molecule has 5 rings (SSSR count). The number of anilines is 2. The number of nitrogens with two attached hydrogens (primary N) is 1. The summed E-state index contributed by atoms with van der Waals surface area (Å²) in [4.78, 5) is 26.1. The summed E-state index contributed by atoms with van der Waals surface area (Å²) in [5.74, 6) is 0.0419. The zero-order valence-electron chi connectivity index (χ0n) is 20.1. The third-order valence-corrected chi connectivity index (χ3v) is 6.72. The minimum Gasteiger partial charge on any atom is -0.495 e. The number of nitrogen functional groups attached to an aromatic ring is 1. The molecule has 0 radical (unpaired) electrons. The Labute approximate surface area is 219 Å². The molecule has 38 heavy (non-hydrogen) atoms. The lowest BCUT2D eigenvalue weighted by Gasteiger charge is -2.17. The summed E-state index contributed by atoms with van der Waals surface area (Å²) in [7, 11) is 1.53. The Hall–Kier alpha value is -4.51. The number of thiazole rings is 1. The van der Waals surface area contributed by atoms with Gasteiger partial charge in [-0.15, -0.1) is 11.3 Å². The molecule has 0 fully saturated rings. The Balaban J connectivity index is 1.62. The van der Waals surface area contributed by atoms with Crippen LogP contribution in [-0.4, -0.2) is 28.0 Å². The average molecular weight is 536 g/mol. The monoisotopic (exact) mass is 535 g/mol. The van der Waals surface area contributed by atoms with Crippen molar-refractivity contribution in [3.05, 3.63) is 83.0 Å². The van der Waals surface area contributed by atoms with E-state index < -0.39 is 17.6 Å². The molecule has 0 atom stereocenters. The van der Waals surface area contributed by atoms with Crippen LogP contribution in [0, 0.1) is 6.92 Å². The molecule has 0 aliphatic rings. The SMILES string of the molecule is COc1c(-c2cc(C(=O)Nc3cccc(C(F)(F)F)c3)ccc2C)cc2cnc(N)nc2c1-c1nccs1. The van der Waals surface area contributed by atoms with E-state index in [1.165, 1.54) is 30.6 Å². The molecule has 11 heteroatoms. The Morgan fingerprint density at radius 1 is 1.08 bits per heavy atom. The van der Waals surface area contributed by atoms with Crippen molar-refractivity contribution in [3.8, 4) is 27.4 Å². The van der Waals surface area contributed by atoms with Gasteiger partial charge in [-0.3, -0.25) is 4.79 Å². The van der Waals surface area contributed by atoms with Crippen LogP contribution in [0.5, 0.6) is 5.75 Å². The van der Waals surface area contributed by atoms with Crippen molar-refractivity contribution in [2.75, 3.05) is 18.2 Å². The number of aromatic nitrogens is 3. The number of nitrogens with zero attached hydrogens (tertiary/aromatic N) is 3. The van der Waals surface area contributed by atoms with Gasteiger partial charge < -0.3 is 15.8 Å². The number of ether oxygens (including phenoxy) is 1. The highest BCUT2D eigenvalue weighted by Gasteiger charge is 2.30. The second kappa shape index (κ2) is 9.75. The quantitative estimate of drug-likeness (QED) is 0.263. The fourth-order valence-electron chi connectivity index (χ4n) is 4.16. The van der Waals surface area contributed by atoms with Crippen molar-refractivity contribution >= 4 is 39.8 Å². The number of aryl methyl sites for hydroxylation is 1. The molecule has 0 aliphatic heterocycles. The first-order valence-electron chi connectivity index (χ1n) is 11.3. The van der Waals surface area contributed by atoms with Crippen molar-refractivity contribution in [2.45, 2.75) is 13.1 Å². The van der Waals surface area contributed by atoms with E-state index in [2.05, 4.69) is 20.3 Å². The molecule has 5 aromatic rings. The molecule has 0 spiro atoms. The maximum atomic E-state index is 13.1. The summed E-state index contributed by atoms with van der Waals surface area (Å²) in [5.41, 5.74) is 8.74. The number of nitrogens with one attached hydrogen (secondary N) is 1. The molecule has 1 amide bonds. The van der Waals surface area contributed by atoms with Crippen molar-refractivity contribution in [2.24, 2.45) is 0 Å². The van der Waals surface area contributed by atoms with E-state index >= 15 is 0 Å². The van der Waals surface area contributed by atoms with Gasteiger partial charge in [-0.2, -0.15) is 13.2 Å². The topological polar surface area (TPSA) is 103 Å². The average Bonchev–Trinajstić information content (AvgIpc) is 3.42. The van der Waals surface area contributed by atoms with E-state index in [0.29, 0.717) is 38.4 Å². The van der Waals surface area contributed by atoms with Crippen LogP contribution >= 0.6 is 11.3 Å². The first-order chi connectivity index (χ1) is 18.2. The number of amides is 1. The van der Waals surface area contributed by atoms with Crippen LogP contribution in [0.3, 0.4) is 0 Å². The molecule has 7 nitrogen and oxygen atoms in total. The van der Waals surface area contributed by atoms with Crippen LogP contribution in [-0.2, 0) is 6.18 Å². The van der Waals surface area contributed by atoms with Crippen molar-refractivity contribution in [3.63, 3.8) is 0 Å². The van der Waals surface area contributed by atoms with E-state index in [1.54, 1.807) is 30.6 Å². The Morgan fingerprint density at radius 3 is 2.61 bits per heavy atom. The Bertz CT molecular complexity index is 1670. The first-order valence-corrected chi connectivity index (χ1v) is 12.2. The predicted molar refractivity (Wildman–Crippen MR) is 141 cm³/mol. The maximum absolute atomic E-state index is 13.1. The van der Waals surface area contributed by atoms with Crippen molar-refractivity contribution in [1.82, 2.24) is 15.0 Å². The summed E-state index contributed by atoms with van der Waals surface area (Å²) in [6.07, 6.45) is -1.24. The molecule has 192 valence electrons. The van der Waals surface area contributed by atoms with Gasteiger partial charge in [0.2, 0.25) is 5.95 Å². The van der Waals surface area contributed by atoms with E-state index in [0.717, 1.165) is 17.7 Å². The Kier molecular flexibility index (Phi) is 6.45. The number of hydrogen-bond donors (Lipinski definition) is 2. The van der Waals surface area contributed by atoms with Crippen LogP contribution in [0.2, 0.25) is 0 Å². The number of rotatable bonds is 5. The number of carbonyl (C=O) groups excluding carboxylic acids is 1. The molecule has 0 saturated carbocycles. The van der Waals surface area contributed by atoms with Crippen LogP contribution < -0.4 is 15.8 Å². The molecular weight excluding hydrogens is 515 g/mol. The van der Waals surface area contributed by atoms with Gasteiger partial charge in [0.15, 0.2) is 0 Å². The lowest BCUT2D eigenvalue weighted by atomic mass is 9.93. The molecule has 3 aromatic carbocycles. The summed E-state index contributed by atoms with van der Waals surface area (Å²) >= 11 is 1.41. The largest absolute Gasteiger partial charge is 0.495 e. The predicted octanol–water partition coefficient (Wildman–Crippen LogP) is 6.59. The zero-order chi connectivity index (χ0) is 27.0. The molecule has 2 aromatic heterocycles. The van der Waals surface area contributed by atoms with E-state index in [-0.39, 0.29) is 17.2 Å². The number of methoxy groups -OCH3 is 1. The maximum Gasteiger partial charge on any atom is 0.416 e. The standard InChI is InChI=1S/C27H20F3N5O2S/c1-14-6-7-15(24(36)34-18-5-3-4-17(12-18)27(28,29)30)10-19(14)20-11-16-13-33-26(31)35-22(16)21(23(20)37-2)25-32-8-9-38-25/h3-13H,1-2H3,(H,34,36)(H2,31,33,35). The highest BCUT2D eigenvalue weighted by atomic mass is 32.1. The van der Waals surface area contributed by atoms with Gasteiger partial charge in [0.1, 0.15) is 10.8 Å². The van der Waals surface area contributed by atoms with Crippen LogP contribution in [0.25, 0.3) is 32.6 Å². The third-order valence-electron chi connectivity index (χ3n) is 5.93. The number of benzene rings is 3. The van der Waals surface area contributed by atoms with Gasteiger partial charge in [-0.05, 0) is 54.4 Å². The van der Waals surface area contributed by atoms with Crippen molar-refractivity contribution < 1.29 is 22.7 Å². The highest BCUT2D eigenvalue weighted by molar-refractivity contribution is 7.13. The molecule has 0 saturated heterocycles. The molecule has 0 aliphatic carbocycles. The molecule has 2 heterocycles. The third kappa shape index (κ3) is 4.75. The number of fused-ring (bicyclic) bond motifs is 1. The van der Waals surface area contributed by atoms with Gasteiger partial charge in [0.05, 0.1) is 23.8 Å². The fourth-order valence-corrected chi connectivity index (χ4v) is 4.84. The molecule has 0 unspecified atom stereocenters. The zero-order valence-corrected chi connectivity index (χ0v) is 20.9. The summed E-state index contributed by atoms with van der Waals surface area (Å²) in [6, 6.07) is 11.4. The molecular formula is C27H20F3N5O2S. The van der Waals surface area contributed by atoms with Gasteiger partial charge >= 0.3 is 6.18 Å². The second-order valence-corrected chi connectivity index (χ2v) is 9.29. The minimum absolute atomic E-state index is 0.0380. The highest BCUT2D eigenvalue weighted by Crippen LogP contribution is 2.45. The van der Waals surface area contributed by atoms with E-state index in [4.69, 9.17) is 10.5 Å². The Morgan fingerprint density at radius 2 is 1.89 bits per heavy atom. The van der Waals surface area contributed by atoms with Crippen molar-refractivity contribution in [1.29, 1.82) is 0 Å². The van der Waals surface area contributed by atoms with E-state index in [1.807, 2.05) is 18.4 Å². The first kappa shape index (κ1) is 25.2. The molecule has 0 bridgehead atoms. The second-order valence-electron chi connectivity index (χ2n) is 8.40. The lowest BCUT2D eigenvalue weighted by molar-refractivity contribution is -0.137. The van der Waals surface area contributed by atoms with Gasteiger partial charge in [-0.1, -0.05) is 12.1 Å². The summed E-state index contributed by atoms with van der Waals surface area (Å²) in [5, 5.41) is 5.75. The van der Waals surface area contributed by atoms with Crippen LogP contribution in [0.4, 0.5) is 24.8 Å². The number of hydrogen-bond acceptors (Lipinski definition) is 7. The lowest BCUT2D eigenvalue weighted by Crippen LogP contribution is -2.13. The summed E-state index contributed by atoms with van der Waals surface area (Å²) < 4.78 is 45.2. The normalized spacial score (nSPS) is 11.5. The van der Waals surface area contributed by atoms with Gasteiger partial charge in [0.25, 0.3) is 5.91 Å². The molecule has 3 N–H and O–H groups in total. The van der Waals surface area contributed by atoms with Gasteiger partial charge in [-0.25, -0.2) is 15.0 Å². The number of alkyl halides is 3. The van der Waals surface area contributed by atoms with Gasteiger partial charge in [0, 0.05) is 40.0 Å². The smallest absolute Gasteiger partial charge is 0.416 e. The van der Waals surface area contributed by atoms with E-state index in [9.17, 15) is 18.0 Å². The fraction of sp³-hybridized carbons (Fsp3) is 0.111. The van der Waals surface area contributed by atoms with Crippen LogP contribution in [0.15, 0.2) is 66.3 Å².